The number of aromatic amines is 1. The maximum absolute atomic E-state index is 13.0. The van der Waals surface area contributed by atoms with E-state index < -0.39 is 5.60 Å². The first-order valence-electron chi connectivity index (χ1n) is 8.71. The van der Waals surface area contributed by atoms with E-state index in [1.54, 1.807) is 16.0 Å². The maximum Gasteiger partial charge on any atom is 0.410 e. The number of aromatic nitrogens is 1. The van der Waals surface area contributed by atoms with Crippen molar-refractivity contribution >= 4 is 38.8 Å². The van der Waals surface area contributed by atoms with Gasteiger partial charge >= 0.3 is 6.09 Å². The summed E-state index contributed by atoms with van der Waals surface area (Å²) in [4.78, 5) is 32.0. The molecule has 0 aliphatic carbocycles. The molecule has 0 spiro atoms. The Balaban J connectivity index is 1.73. The molecule has 2 heterocycles. The summed E-state index contributed by atoms with van der Waals surface area (Å²) in [5.74, 6) is -0.0231. The monoisotopic (exact) mass is 421 g/mol. The number of halogens is 1. The minimum atomic E-state index is -0.527. The average Bonchev–Trinajstić information content (AvgIpc) is 2.95. The average molecular weight is 422 g/mol. The first-order chi connectivity index (χ1) is 12.2. The molecule has 0 radical (unpaired) electrons. The lowest BCUT2D eigenvalue weighted by Gasteiger charge is -2.40. The molecule has 140 valence electrons. The molecule has 1 aliphatic rings. The van der Waals surface area contributed by atoms with Crippen LogP contribution in [0.4, 0.5) is 4.79 Å². The van der Waals surface area contributed by atoms with Gasteiger partial charge in [0.15, 0.2) is 0 Å². The van der Waals surface area contributed by atoms with Crippen LogP contribution in [0.1, 0.15) is 38.1 Å². The molecule has 1 aromatic carbocycles. The summed E-state index contributed by atoms with van der Waals surface area (Å²) in [6.07, 6.45) is 1.43. The molecular formula is C19H24BrN3O3. The summed E-state index contributed by atoms with van der Waals surface area (Å²) in [7, 11) is 0. The summed E-state index contributed by atoms with van der Waals surface area (Å²) >= 11 is 3.46. The first-order valence-corrected chi connectivity index (χ1v) is 9.50. The zero-order chi connectivity index (χ0) is 19.1. The van der Waals surface area contributed by atoms with Crippen LogP contribution in [-0.4, -0.2) is 58.1 Å². The van der Waals surface area contributed by atoms with Crippen LogP contribution >= 0.6 is 15.9 Å². The normalized spacial score (nSPS) is 18.3. The van der Waals surface area contributed by atoms with Crippen molar-refractivity contribution in [3.63, 3.8) is 0 Å². The van der Waals surface area contributed by atoms with E-state index in [0.29, 0.717) is 25.2 Å². The standard InChI is InChI=1S/C19H24BrN3O3/c1-12-11-22(7-8-23(12)18(25)26-19(2,3)4)17(24)15-10-21-16-6-5-13(20)9-14(15)16/h5-6,9-10,12,21H,7-8,11H2,1-4H3. The summed E-state index contributed by atoms with van der Waals surface area (Å²) in [6.45, 7) is 8.93. The van der Waals surface area contributed by atoms with Crippen molar-refractivity contribution in [2.75, 3.05) is 19.6 Å². The number of H-pyrrole nitrogens is 1. The topological polar surface area (TPSA) is 65.6 Å². The molecule has 1 fully saturated rings. The van der Waals surface area contributed by atoms with E-state index in [1.165, 1.54) is 0 Å². The lowest BCUT2D eigenvalue weighted by atomic mass is 10.1. The molecule has 3 rings (SSSR count). The summed E-state index contributed by atoms with van der Waals surface area (Å²) in [6, 6.07) is 5.73. The number of carbonyl (C=O) groups excluding carboxylic acids is 2. The second-order valence-corrected chi connectivity index (χ2v) is 8.58. The molecule has 0 saturated carbocycles. The number of benzene rings is 1. The van der Waals surface area contributed by atoms with E-state index in [0.717, 1.165) is 15.4 Å². The molecule has 2 aromatic rings. The van der Waals surface area contributed by atoms with Gasteiger partial charge in [0.25, 0.3) is 5.91 Å². The first kappa shape index (κ1) is 18.8. The van der Waals surface area contributed by atoms with Crippen LogP contribution in [0.2, 0.25) is 0 Å². The third kappa shape index (κ3) is 3.87. The number of amides is 2. The lowest BCUT2D eigenvalue weighted by Crippen LogP contribution is -2.56. The Morgan fingerprint density at radius 1 is 1.27 bits per heavy atom. The van der Waals surface area contributed by atoms with Gasteiger partial charge in [-0.1, -0.05) is 15.9 Å². The molecule has 1 atom stereocenters. The van der Waals surface area contributed by atoms with Gasteiger partial charge in [-0.05, 0) is 45.9 Å². The van der Waals surface area contributed by atoms with Crippen LogP contribution in [0.25, 0.3) is 10.9 Å². The highest BCUT2D eigenvalue weighted by molar-refractivity contribution is 9.10. The van der Waals surface area contributed by atoms with E-state index in [-0.39, 0.29) is 18.0 Å². The fourth-order valence-electron chi connectivity index (χ4n) is 3.17. The van der Waals surface area contributed by atoms with Crippen molar-refractivity contribution in [2.45, 2.75) is 39.3 Å². The zero-order valence-electron chi connectivity index (χ0n) is 15.5. The van der Waals surface area contributed by atoms with Crippen LogP contribution in [0.3, 0.4) is 0 Å². The Morgan fingerprint density at radius 2 is 2.00 bits per heavy atom. The van der Waals surface area contributed by atoms with Crippen LogP contribution in [0, 0.1) is 0 Å². The van der Waals surface area contributed by atoms with Crippen LogP contribution < -0.4 is 0 Å². The highest BCUT2D eigenvalue weighted by Crippen LogP contribution is 2.25. The van der Waals surface area contributed by atoms with Gasteiger partial charge in [-0.2, -0.15) is 0 Å². The Bertz CT molecular complexity index is 840. The molecule has 1 N–H and O–H groups in total. The van der Waals surface area contributed by atoms with Crippen molar-refractivity contribution in [3.8, 4) is 0 Å². The summed E-state index contributed by atoms with van der Waals surface area (Å²) < 4.78 is 6.39. The van der Waals surface area contributed by atoms with Gasteiger partial charge in [0, 0.05) is 47.2 Å². The number of fused-ring (bicyclic) bond motifs is 1. The second-order valence-electron chi connectivity index (χ2n) is 7.67. The van der Waals surface area contributed by atoms with Gasteiger partial charge in [-0.15, -0.1) is 0 Å². The van der Waals surface area contributed by atoms with Crippen molar-refractivity contribution in [2.24, 2.45) is 0 Å². The van der Waals surface area contributed by atoms with Gasteiger partial charge in [-0.25, -0.2) is 4.79 Å². The van der Waals surface area contributed by atoms with Gasteiger partial charge in [0.05, 0.1) is 5.56 Å². The summed E-state index contributed by atoms with van der Waals surface area (Å²) in [5.41, 5.74) is 1.05. The molecule has 0 bridgehead atoms. The predicted octanol–water partition coefficient (Wildman–Crippen LogP) is 4.01. The largest absolute Gasteiger partial charge is 0.444 e. The highest BCUT2D eigenvalue weighted by Gasteiger charge is 2.33. The number of nitrogens with zero attached hydrogens (tertiary/aromatic N) is 2. The Kier molecular flexibility index (Phi) is 5.01. The molecule has 6 nitrogen and oxygen atoms in total. The highest BCUT2D eigenvalue weighted by atomic mass is 79.9. The molecule has 2 amide bonds. The minimum absolute atomic E-state index is 0.0231. The fraction of sp³-hybridized carbons (Fsp3) is 0.474. The predicted molar refractivity (Wildman–Crippen MR) is 104 cm³/mol. The number of hydrogen-bond donors (Lipinski definition) is 1. The maximum atomic E-state index is 13.0. The van der Waals surface area contributed by atoms with Crippen LogP contribution in [0.15, 0.2) is 28.9 Å². The van der Waals surface area contributed by atoms with Crippen molar-refractivity contribution in [1.29, 1.82) is 0 Å². The number of piperazine rings is 1. The van der Waals surface area contributed by atoms with Crippen LogP contribution in [-0.2, 0) is 4.74 Å². The van der Waals surface area contributed by atoms with E-state index in [9.17, 15) is 9.59 Å². The van der Waals surface area contributed by atoms with Crippen molar-refractivity contribution in [3.05, 3.63) is 34.4 Å². The van der Waals surface area contributed by atoms with E-state index in [4.69, 9.17) is 4.74 Å². The molecule has 1 saturated heterocycles. The quantitative estimate of drug-likeness (QED) is 0.755. The SMILES string of the molecule is CC1CN(C(=O)c2c[nH]c3ccc(Br)cc23)CCN1C(=O)OC(C)(C)C. The number of carbonyl (C=O) groups is 2. The number of ether oxygens (including phenoxy) is 1. The third-order valence-electron chi connectivity index (χ3n) is 4.42. The second kappa shape index (κ2) is 6.95. The fourth-order valence-corrected chi connectivity index (χ4v) is 3.54. The van der Waals surface area contributed by atoms with E-state index >= 15 is 0 Å². The summed E-state index contributed by atoms with van der Waals surface area (Å²) in [5, 5.41) is 0.895. The molecular weight excluding hydrogens is 398 g/mol. The number of hydrogen-bond acceptors (Lipinski definition) is 3. The van der Waals surface area contributed by atoms with Gasteiger partial charge in [0.1, 0.15) is 5.60 Å². The van der Waals surface area contributed by atoms with Gasteiger partial charge in [0.2, 0.25) is 0 Å². The van der Waals surface area contributed by atoms with Gasteiger partial charge in [-0.3, -0.25) is 4.79 Å². The van der Waals surface area contributed by atoms with Crippen molar-refractivity contribution in [1.82, 2.24) is 14.8 Å². The molecule has 1 unspecified atom stereocenters. The molecule has 1 aliphatic heterocycles. The Labute approximate surface area is 161 Å². The molecule has 7 heteroatoms. The van der Waals surface area contributed by atoms with E-state index in [2.05, 4.69) is 20.9 Å². The molecule has 1 aromatic heterocycles. The minimum Gasteiger partial charge on any atom is -0.444 e. The lowest BCUT2D eigenvalue weighted by molar-refractivity contribution is 0.00201. The Hall–Kier alpha value is -2.02. The third-order valence-corrected chi connectivity index (χ3v) is 4.91. The number of rotatable bonds is 1. The molecule has 26 heavy (non-hydrogen) atoms. The van der Waals surface area contributed by atoms with Crippen LogP contribution in [0.5, 0.6) is 0 Å². The zero-order valence-corrected chi connectivity index (χ0v) is 17.1. The Morgan fingerprint density at radius 3 is 2.65 bits per heavy atom. The smallest absolute Gasteiger partial charge is 0.410 e. The van der Waals surface area contributed by atoms with E-state index in [1.807, 2.05) is 45.9 Å². The van der Waals surface area contributed by atoms with Gasteiger partial charge < -0.3 is 19.5 Å². The number of nitrogens with one attached hydrogen (secondary N) is 1. The van der Waals surface area contributed by atoms with Crippen molar-refractivity contribution < 1.29 is 14.3 Å².